The Balaban J connectivity index is 1.47. The smallest absolute Gasteiger partial charge is 0.230 e. The van der Waals surface area contributed by atoms with E-state index in [0.717, 1.165) is 32.7 Å². The molecule has 1 N–H and O–H groups in total. The molecule has 0 spiro atoms. The number of carbonyl (C=O) groups excluding carboxylic acids is 1. The molecule has 1 aliphatic heterocycles. The number of H-pyrrole nitrogens is 1. The number of hydrogen-bond acceptors (Lipinski definition) is 5. The summed E-state index contributed by atoms with van der Waals surface area (Å²) in [4.78, 5) is 16.4. The van der Waals surface area contributed by atoms with Crippen molar-refractivity contribution in [3.05, 3.63) is 41.7 Å². The summed E-state index contributed by atoms with van der Waals surface area (Å²) >= 11 is 0. The molecule has 0 radical (unpaired) electrons. The van der Waals surface area contributed by atoms with E-state index < -0.39 is 0 Å². The number of aromatic amines is 1. The van der Waals surface area contributed by atoms with E-state index in [-0.39, 0.29) is 12.3 Å². The van der Waals surface area contributed by atoms with Crippen molar-refractivity contribution >= 4 is 5.91 Å². The molecule has 21 heavy (non-hydrogen) atoms. The zero-order valence-corrected chi connectivity index (χ0v) is 11.8. The molecule has 1 saturated heterocycles. The molecule has 0 atom stereocenters. The van der Waals surface area contributed by atoms with Crippen LogP contribution in [-0.2, 0) is 17.8 Å². The number of piperazine rings is 1. The van der Waals surface area contributed by atoms with Gasteiger partial charge in [-0.15, -0.1) is 10.2 Å². The van der Waals surface area contributed by atoms with Crippen molar-refractivity contribution in [2.75, 3.05) is 26.2 Å². The van der Waals surface area contributed by atoms with Crippen LogP contribution in [0.25, 0.3) is 0 Å². The highest BCUT2D eigenvalue weighted by atomic mass is 16.2. The molecule has 1 aliphatic rings. The fourth-order valence-electron chi connectivity index (χ4n) is 2.50. The SMILES string of the molecule is O=C(Cc1nn[nH]n1)N1CCN(Cc2ccccc2)CC1. The van der Waals surface area contributed by atoms with Crippen LogP contribution in [-0.4, -0.2) is 62.5 Å². The van der Waals surface area contributed by atoms with Crippen LogP contribution in [0.3, 0.4) is 0 Å². The van der Waals surface area contributed by atoms with E-state index >= 15 is 0 Å². The van der Waals surface area contributed by atoms with Crippen LogP contribution in [0.4, 0.5) is 0 Å². The van der Waals surface area contributed by atoms with Gasteiger partial charge >= 0.3 is 0 Å². The molecular weight excluding hydrogens is 268 g/mol. The summed E-state index contributed by atoms with van der Waals surface area (Å²) in [5, 5.41) is 13.5. The summed E-state index contributed by atoms with van der Waals surface area (Å²) in [5.41, 5.74) is 1.31. The van der Waals surface area contributed by atoms with Crippen LogP contribution >= 0.6 is 0 Å². The Morgan fingerprint density at radius 2 is 1.90 bits per heavy atom. The minimum Gasteiger partial charge on any atom is -0.340 e. The van der Waals surface area contributed by atoms with E-state index in [0.29, 0.717) is 5.82 Å². The first kappa shape index (κ1) is 13.7. The first-order chi connectivity index (χ1) is 10.3. The highest BCUT2D eigenvalue weighted by molar-refractivity contribution is 5.78. The van der Waals surface area contributed by atoms with Gasteiger partial charge in [-0.3, -0.25) is 9.69 Å². The van der Waals surface area contributed by atoms with E-state index in [1.165, 1.54) is 5.56 Å². The average Bonchev–Trinajstić information content (AvgIpc) is 3.02. The van der Waals surface area contributed by atoms with Gasteiger partial charge in [-0.25, -0.2) is 0 Å². The summed E-state index contributed by atoms with van der Waals surface area (Å²) in [5.74, 6) is 0.516. The van der Waals surface area contributed by atoms with Gasteiger partial charge in [0.25, 0.3) is 0 Å². The Labute approximate surface area is 122 Å². The number of nitrogens with zero attached hydrogens (tertiary/aromatic N) is 5. The predicted molar refractivity (Wildman–Crippen MR) is 76.2 cm³/mol. The summed E-state index contributed by atoms with van der Waals surface area (Å²) < 4.78 is 0. The molecule has 2 heterocycles. The number of carbonyl (C=O) groups is 1. The van der Waals surface area contributed by atoms with E-state index in [1.54, 1.807) is 0 Å². The third-order valence-electron chi connectivity index (χ3n) is 3.67. The summed E-state index contributed by atoms with van der Waals surface area (Å²) in [6.07, 6.45) is 0.217. The van der Waals surface area contributed by atoms with Crippen LogP contribution in [0, 0.1) is 0 Å². The number of nitrogens with one attached hydrogen (secondary N) is 1. The topological polar surface area (TPSA) is 78.0 Å². The van der Waals surface area contributed by atoms with Gasteiger partial charge in [-0.2, -0.15) is 5.21 Å². The van der Waals surface area contributed by atoms with Crippen molar-refractivity contribution in [1.29, 1.82) is 0 Å². The van der Waals surface area contributed by atoms with Crippen molar-refractivity contribution in [2.24, 2.45) is 0 Å². The second kappa shape index (κ2) is 6.45. The summed E-state index contributed by atoms with van der Waals surface area (Å²) in [6, 6.07) is 10.4. The maximum Gasteiger partial charge on any atom is 0.230 e. The highest BCUT2D eigenvalue weighted by Gasteiger charge is 2.22. The van der Waals surface area contributed by atoms with Gasteiger partial charge in [0.1, 0.15) is 0 Å². The van der Waals surface area contributed by atoms with E-state index in [2.05, 4.69) is 49.8 Å². The predicted octanol–water partition coefficient (Wildman–Crippen LogP) is 0.0866. The summed E-state index contributed by atoms with van der Waals surface area (Å²) in [6.45, 7) is 4.24. The van der Waals surface area contributed by atoms with Gasteiger partial charge in [0.2, 0.25) is 5.91 Å². The number of rotatable bonds is 4. The average molecular weight is 286 g/mol. The zero-order chi connectivity index (χ0) is 14.5. The number of benzene rings is 1. The van der Waals surface area contributed by atoms with Crippen LogP contribution in [0.5, 0.6) is 0 Å². The molecule has 1 amide bonds. The van der Waals surface area contributed by atoms with Crippen LogP contribution in [0.15, 0.2) is 30.3 Å². The lowest BCUT2D eigenvalue weighted by atomic mass is 10.2. The van der Waals surface area contributed by atoms with E-state index in [9.17, 15) is 4.79 Å². The second-order valence-electron chi connectivity index (χ2n) is 5.15. The van der Waals surface area contributed by atoms with E-state index in [1.807, 2.05) is 11.0 Å². The van der Waals surface area contributed by atoms with Crippen LogP contribution in [0.2, 0.25) is 0 Å². The normalized spacial score (nSPS) is 16.1. The zero-order valence-electron chi connectivity index (χ0n) is 11.8. The van der Waals surface area contributed by atoms with Crippen LogP contribution in [0.1, 0.15) is 11.4 Å². The fraction of sp³-hybridized carbons (Fsp3) is 0.429. The van der Waals surface area contributed by atoms with Crippen molar-refractivity contribution < 1.29 is 4.79 Å². The number of aromatic nitrogens is 4. The van der Waals surface area contributed by atoms with Crippen molar-refractivity contribution in [3.63, 3.8) is 0 Å². The number of amides is 1. The Bertz CT molecular complexity index is 562. The Morgan fingerprint density at radius 3 is 2.57 bits per heavy atom. The lowest BCUT2D eigenvalue weighted by Gasteiger charge is -2.34. The van der Waals surface area contributed by atoms with Crippen molar-refractivity contribution in [1.82, 2.24) is 30.4 Å². The van der Waals surface area contributed by atoms with Gasteiger partial charge in [0.05, 0.1) is 6.42 Å². The molecule has 1 fully saturated rings. The molecule has 1 aromatic carbocycles. The molecule has 1 aromatic heterocycles. The van der Waals surface area contributed by atoms with Gasteiger partial charge in [0, 0.05) is 32.7 Å². The Morgan fingerprint density at radius 1 is 1.14 bits per heavy atom. The lowest BCUT2D eigenvalue weighted by molar-refractivity contribution is -0.132. The molecule has 3 rings (SSSR count). The van der Waals surface area contributed by atoms with Gasteiger partial charge in [-0.05, 0) is 5.56 Å². The van der Waals surface area contributed by atoms with Gasteiger partial charge < -0.3 is 4.90 Å². The van der Waals surface area contributed by atoms with Crippen molar-refractivity contribution in [2.45, 2.75) is 13.0 Å². The fourth-order valence-corrected chi connectivity index (χ4v) is 2.50. The molecule has 0 unspecified atom stereocenters. The third kappa shape index (κ3) is 3.63. The first-order valence-electron chi connectivity index (χ1n) is 7.07. The maximum atomic E-state index is 12.1. The van der Waals surface area contributed by atoms with Gasteiger partial charge in [0.15, 0.2) is 5.82 Å². The molecule has 7 nitrogen and oxygen atoms in total. The number of tetrazole rings is 1. The summed E-state index contributed by atoms with van der Waals surface area (Å²) in [7, 11) is 0. The van der Waals surface area contributed by atoms with E-state index in [4.69, 9.17) is 0 Å². The first-order valence-corrected chi connectivity index (χ1v) is 7.07. The number of hydrogen-bond donors (Lipinski definition) is 1. The maximum absolute atomic E-state index is 12.1. The minimum atomic E-state index is 0.0655. The molecule has 0 saturated carbocycles. The standard InChI is InChI=1S/C14H18N6O/c21-14(10-13-15-17-18-16-13)20-8-6-19(7-9-20)11-12-4-2-1-3-5-12/h1-5H,6-11H2,(H,15,16,17,18). The monoisotopic (exact) mass is 286 g/mol. The Kier molecular flexibility index (Phi) is 4.20. The molecule has 2 aromatic rings. The largest absolute Gasteiger partial charge is 0.340 e. The molecule has 7 heteroatoms. The minimum absolute atomic E-state index is 0.0655. The quantitative estimate of drug-likeness (QED) is 0.861. The Hall–Kier alpha value is -2.28. The van der Waals surface area contributed by atoms with Crippen LogP contribution < -0.4 is 0 Å². The second-order valence-corrected chi connectivity index (χ2v) is 5.15. The lowest BCUT2D eigenvalue weighted by Crippen LogP contribution is -2.48. The molecule has 0 bridgehead atoms. The van der Waals surface area contributed by atoms with Crippen molar-refractivity contribution in [3.8, 4) is 0 Å². The molecule has 110 valence electrons. The molecule has 0 aliphatic carbocycles. The third-order valence-corrected chi connectivity index (χ3v) is 3.67. The van der Waals surface area contributed by atoms with Gasteiger partial charge in [-0.1, -0.05) is 35.5 Å². The molecular formula is C14H18N6O. The highest BCUT2D eigenvalue weighted by Crippen LogP contribution is 2.09.